The molecule has 0 aromatic heterocycles. The number of hydrogen-bond donors (Lipinski definition) is 1. The molecule has 0 heterocycles. The molecule has 0 radical (unpaired) electrons. The van der Waals surface area contributed by atoms with Crippen LogP contribution in [0.5, 0.6) is 0 Å². The first-order chi connectivity index (χ1) is 8.69. The lowest BCUT2D eigenvalue weighted by Gasteiger charge is -2.47. The Labute approximate surface area is 112 Å². The van der Waals surface area contributed by atoms with Gasteiger partial charge in [-0.3, -0.25) is 0 Å². The minimum Gasteiger partial charge on any atom is -0.327 e. The summed E-state index contributed by atoms with van der Waals surface area (Å²) in [7, 11) is 0. The molecule has 1 aliphatic carbocycles. The van der Waals surface area contributed by atoms with Gasteiger partial charge in [-0.25, -0.2) is 0 Å². The quantitative estimate of drug-likeness (QED) is 0.796. The van der Waals surface area contributed by atoms with E-state index in [-0.39, 0.29) is 5.41 Å². The fraction of sp³-hybridized carbons (Fsp3) is 0.647. The standard InChI is InChI=1S/C17H27N/c1-3-8-14(2)13-16(18)17(11-7-12-17)15-9-5-4-6-10-15/h4-6,9-10,14,16H,3,7-8,11-13,18H2,1-2H3. The molecule has 18 heavy (non-hydrogen) atoms. The number of benzene rings is 1. The lowest BCUT2D eigenvalue weighted by molar-refractivity contribution is 0.174. The van der Waals surface area contributed by atoms with Crippen molar-refractivity contribution in [3.05, 3.63) is 35.9 Å². The molecule has 2 unspecified atom stereocenters. The van der Waals surface area contributed by atoms with Gasteiger partial charge in [-0.1, -0.05) is 63.4 Å². The highest BCUT2D eigenvalue weighted by Gasteiger charge is 2.43. The van der Waals surface area contributed by atoms with Crippen LogP contribution in [0.2, 0.25) is 0 Å². The molecule has 1 saturated carbocycles. The van der Waals surface area contributed by atoms with Crippen LogP contribution in [0.25, 0.3) is 0 Å². The molecule has 2 N–H and O–H groups in total. The number of hydrogen-bond acceptors (Lipinski definition) is 1. The first-order valence-electron chi connectivity index (χ1n) is 7.50. The van der Waals surface area contributed by atoms with E-state index in [9.17, 15) is 0 Å². The second-order valence-corrected chi connectivity index (χ2v) is 6.11. The summed E-state index contributed by atoms with van der Waals surface area (Å²) < 4.78 is 0. The molecule has 0 spiro atoms. The van der Waals surface area contributed by atoms with Gasteiger partial charge in [0.05, 0.1) is 0 Å². The summed E-state index contributed by atoms with van der Waals surface area (Å²) in [5, 5.41) is 0. The Balaban J connectivity index is 2.08. The van der Waals surface area contributed by atoms with Gasteiger partial charge in [0.15, 0.2) is 0 Å². The molecule has 2 atom stereocenters. The summed E-state index contributed by atoms with van der Waals surface area (Å²) in [6, 6.07) is 11.3. The molecule has 0 aliphatic heterocycles. The highest BCUT2D eigenvalue weighted by Crippen LogP contribution is 2.47. The van der Waals surface area contributed by atoms with Crippen LogP contribution in [0, 0.1) is 5.92 Å². The Kier molecular flexibility index (Phi) is 4.45. The third-order valence-corrected chi connectivity index (χ3v) is 4.74. The third-order valence-electron chi connectivity index (χ3n) is 4.74. The lowest BCUT2D eigenvalue weighted by Crippen LogP contribution is -2.51. The van der Waals surface area contributed by atoms with E-state index in [0.717, 1.165) is 5.92 Å². The van der Waals surface area contributed by atoms with Crippen molar-refractivity contribution in [1.82, 2.24) is 0 Å². The Morgan fingerprint density at radius 2 is 1.89 bits per heavy atom. The van der Waals surface area contributed by atoms with Crippen LogP contribution in [0.4, 0.5) is 0 Å². The molecule has 100 valence electrons. The van der Waals surface area contributed by atoms with Gasteiger partial charge in [0.2, 0.25) is 0 Å². The number of nitrogens with two attached hydrogens (primary N) is 1. The monoisotopic (exact) mass is 245 g/mol. The lowest BCUT2D eigenvalue weighted by atomic mass is 9.59. The minimum atomic E-state index is 0.281. The van der Waals surface area contributed by atoms with E-state index < -0.39 is 0 Å². The molecule has 0 bridgehead atoms. The first-order valence-corrected chi connectivity index (χ1v) is 7.50. The molecule has 1 nitrogen and oxygen atoms in total. The van der Waals surface area contributed by atoms with E-state index in [0.29, 0.717) is 6.04 Å². The average molecular weight is 245 g/mol. The SMILES string of the molecule is CCCC(C)CC(N)C1(c2ccccc2)CCC1. The molecule has 1 fully saturated rings. The molecule has 1 aliphatic rings. The van der Waals surface area contributed by atoms with Crippen LogP contribution in [-0.4, -0.2) is 6.04 Å². The predicted molar refractivity (Wildman–Crippen MR) is 78.6 cm³/mol. The van der Waals surface area contributed by atoms with Crippen LogP contribution in [0.15, 0.2) is 30.3 Å². The van der Waals surface area contributed by atoms with Crippen molar-refractivity contribution in [2.45, 2.75) is 63.8 Å². The van der Waals surface area contributed by atoms with Crippen molar-refractivity contribution >= 4 is 0 Å². The minimum absolute atomic E-state index is 0.281. The summed E-state index contributed by atoms with van der Waals surface area (Å²) in [5.41, 5.74) is 8.32. The van der Waals surface area contributed by atoms with Crippen LogP contribution in [0.3, 0.4) is 0 Å². The average Bonchev–Trinajstić information content (AvgIpc) is 2.29. The third kappa shape index (κ3) is 2.61. The van der Waals surface area contributed by atoms with E-state index in [1.807, 2.05) is 0 Å². The zero-order valence-corrected chi connectivity index (χ0v) is 11.9. The molecular formula is C17H27N. The van der Waals surface area contributed by atoms with Crippen molar-refractivity contribution in [1.29, 1.82) is 0 Å². The first kappa shape index (κ1) is 13.6. The Morgan fingerprint density at radius 1 is 1.22 bits per heavy atom. The molecule has 1 aromatic rings. The molecule has 2 rings (SSSR count). The van der Waals surface area contributed by atoms with Gasteiger partial charge >= 0.3 is 0 Å². The highest BCUT2D eigenvalue weighted by atomic mass is 14.7. The highest BCUT2D eigenvalue weighted by molar-refractivity contribution is 5.30. The zero-order valence-electron chi connectivity index (χ0n) is 11.9. The normalized spacial score (nSPS) is 21.1. The maximum atomic E-state index is 6.58. The Bertz CT molecular complexity index is 353. The predicted octanol–water partition coefficient (Wildman–Crippen LogP) is 4.26. The largest absolute Gasteiger partial charge is 0.327 e. The molecule has 1 aromatic carbocycles. The molecule has 0 saturated heterocycles. The summed E-state index contributed by atoms with van der Waals surface area (Å²) in [6.07, 6.45) is 7.63. The van der Waals surface area contributed by atoms with E-state index >= 15 is 0 Å². The van der Waals surface area contributed by atoms with Gasteiger partial charge in [-0.05, 0) is 30.7 Å². The van der Waals surface area contributed by atoms with Crippen molar-refractivity contribution in [3.8, 4) is 0 Å². The summed E-state index contributed by atoms with van der Waals surface area (Å²) in [4.78, 5) is 0. The van der Waals surface area contributed by atoms with Gasteiger partial charge in [-0.15, -0.1) is 0 Å². The zero-order chi connectivity index (χ0) is 13.0. The summed E-state index contributed by atoms with van der Waals surface area (Å²) >= 11 is 0. The second kappa shape index (κ2) is 5.88. The maximum Gasteiger partial charge on any atom is 0.0139 e. The van der Waals surface area contributed by atoms with Gasteiger partial charge < -0.3 is 5.73 Å². The van der Waals surface area contributed by atoms with Crippen molar-refractivity contribution in [2.75, 3.05) is 0 Å². The van der Waals surface area contributed by atoms with Gasteiger partial charge in [0.1, 0.15) is 0 Å². The van der Waals surface area contributed by atoms with E-state index in [1.54, 1.807) is 0 Å². The van der Waals surface area contributed by atoms with E-state index in [4.69, 9.17) is 5.73 Å². The topological polar surface area (TPSA) is 26.0 Å². The molecular weight excluding hydrogens is 218 g/mol. The Hall–Kier alpha value is -0.820. The number of rotatable bonds is 6. The van der Waals surface area contributed by atoms with E-state index in [1.165, 1.54) is 44.1 Å². The second-order valence-electron chi connectivity index (χ2n) is 6.11. The van der Waals surface area contributed by atoms with Crippen molar-refractivity contribution in [2.24, 2.45) is 11.7 Å². The van der Waals surface area contributed by atoms with Crippen LogP contribution >= 0.6 is 0 Å². The van der Waals surface area contributed by atoms with Crippen molar-refractivity contribution in [3.63, 3.8) is 0 Å². The fourth-order valence-corrected chi connectivity index (χ4v) is 3.47. The van der Waals surface area contributed by atoms with E-state index in [2.05, 4.69) is 44.2 Å². The molecule has 0 amide bonds. The molecule has 1 heteroatoms. The van der Waals surface area contributed by atoms with Gasteiger partial charge in [0, 0.05) is 11.5 Å². The van der Waals surface area contributed by atoms with Crippen LogP contribution in [-0.2, 0) is 5.41 Å². The van der Waals surface area contributed by atoms with Crippen molar-refractivity contribution < 1.29 is 0 Å². The summed E-state index contributed by atoms with van der Waals surface area (Å²) in [6.45, 7) is 4.61. The maximum absolute atomic E-state index is 6.58. The summed E-state index contributed by atoms with van der Waals surface area (Å²) in [5.74, 6) is 0.756. The van der Waals surface area contributed by atoms with Crippen LogP contribution in [0.1, 0.15) is 57.9 Å². The van der Waals surface area contributed by atoms with Gasteiger partial charge in [0.25, 0.3) is 0 Å². The Morgan fingerprint density at radius 3 is 2.39 bits per heavy atom. The fourth-order valence-electron chi connectivity index (χ4n) is 3.47. The van der Waals surface area contributed by atoms with Gasteiger partial charge in [-0.2, -0.15) is 0 Å². The van der Waals surface area contributed by atoms with Crippen LogP contribution < -0.4 is 5.73 Å². The smallest absolute Gasteiger partial charge is 0.0139 e.